The molecule has 13 rings (SSSR count). The first-order valence-corrected chi connectivity index (χ1v) is 23.0. The smallest absolute Gasteiger partial charge is 0.0534 e. The maximum atomic E-state index is 2.50. The summed E-state index contributed by atoms with van der Waals surface area (Å²) in [6.07, 6.45) is 15.9. The molecule has 2 nitrogen and oxygen atoms in total. The summed E-state index contributed by atoms with van der Waals surface area (Å²) in [5.74, 6) is 0. The predicted molar refractivity (Wildman–Crippen MR) is 277 cm³/mol. The van der Waals surface area contributed by atoms with Crippen LogP contribution >= 0.6 is 0 Å². The lowest BCUT2D eigenvalue weighted by Gasteiger charge is -2.30. The zero-order chi connectivity index (χ0) is 43.2. The van der Waals surface area contributed by atoms with Crippen LogP contribution in [-0.4, -0.2) is 0 Å². The van der Waals surface area contributed by atoms with Crippen molar-refractivity contribution >= 4 is 68.2 Å². The Kier molecular flexibility index (Phi) is 8.42. The minimum absolute atomic E-state index is 0.132. The fourth-order valence-corrected chi connectivity index (χ4v) is 11.3. The lowest BCUT2D eigenvalue weighted by Crippen LogP contribution is -2.18. The molecule has 0 unspecified atom stereocenters. The highest BCUT2D eigenvalue weighted by atomic mass is 15.2. The van der Waals surface area contributed by atoms with Crippen molar-refractivity contribution in [1.82, 2.24) is 0 Å². The summed E-state index contributed by atoms with van der Waals surface area (Å²) >= 11 is 0. The van der Waals surface area contributed by atoms with E-state index in [-0.39, 0.29) is 5.41 Å². The molecular formula is C63H46N2. The standard InChI is InChI=1S/C63H46N2/c1-63(2)55-23-11-10-22-49(55)50-35-32-46(38-56(50)63)62-51-36-33-47(64-57-24-12-6-16-41(57)28-29-42-17-7-13-25-58(42)64)39-53(51)61(45-20-4-3-5-21-45)54-40-48(34-37-52(54)62)65-59-26-14-8-18-43(59)30-31-44-19-9-15-27-60(44)65/h3-8,10-18,20-40H,9,19H2,1-2H3. The van der Waals surface area contributed by atoms with Crippen LogP contribution in [0.1, 0.15) is 54.5 Å². The van der Waals surface area contributed by atoms with Crippen LogP contribution < -0.4 is 9.80 Å². The number of benzene rings is 9. The summed E-state index contributed by atoms with van der Waals surface area (Å²) < 4.78 is 0. The molecule has 0 bridgehead atoms. The van der Waals surface area contributed by atoms with Gasteiger partial charge in [-0.05, 0) is 156 Å². The molecule has 65 heavy (non-hydrogen) atoms. The first-order valence-electron chi connectivity index (χ1n) is 23.0. The van der Waals surface area contributed by atoms with Crippen LogP contribution in [0.5, 0.6) is 0 Å². The maximum Gasteiger partial charge on any atom is 0.0534 e. The number of nitrogens with zero attached hydrogens (tertiary/aromatic N) is 2. The Morgan fingerprint density at radius 3 is 1.62 bits per heavy atom. The van der Waals surface area contributed by atoms with Gasteiger partial charge in [0.05, 0.1) is 17.1 Å². The maximum absolute atomic E-state index is 2.50. The molecule has 0 saturated carbocycles. The second-order valence-electron chi connectivity index (χ2n) is 18.4. The van der Waals surface area contributed by atoms with E-state index in [1.165, 1.54) is 99.7 Å². The van der Waals surface area contributed by atoms with E-state index >= 15 is 0 Å². The highest BCUT2D eigenvalue weighted by molar-refractivity contribution is 6.23. The predicted octanol–water partition coefficient (Wildman–Crippen LogP) is 17.4. The summed E-state index contributed by atoms with van der Waals surface area (Å²) in [7, 11) is 0. The molecule has 0 aromatic heterocycles. The van der Waals surface area contributed by atoms with Crippen molar-refractivity contribution in [2.75, 3.05) is 9.80 Å². The topological polar surface area (TPSA) is 6.48 Å². The van der Waals surface area contributed by atoms with Gasteiger partial charge < -0.3 is 9.80 Å². The van der Waals surface area contributed by atoms with Gasteiger partial charge in [-0.2, -0.15) is 0 Å². The Bertz CT molecular complexity index is 3530. The molecule has 0 amide bonds. The Balaban J connectivity index is 1.14. The van der Waals surface area contributed by atoms with Gasteiger partial charge in [0.25, 0.3) is 0 Å². The molecule has 2 heterocycles. The number of rotatable bonds is 4. The third-order valence-electron chi connectivity index (χ3n) is 14.4. The van der Waals surface area contributed by atoms with Gasteiger partial charge in [0.15, 0.2) is 0 Å². The molecule has 4 aliphatic rings. The molecule has 2 heteroatoms. The normalized spacial score (nSPS) is 15.2. The van der Waals surface area contributed by atoms with Gasteiger partial charge >= 0.3 is 0 Å². The van der Waals surface area contributed by atoms with Gasteiger partial charge in [0.2, 0.25) is 0 Å². The second kappa shape index (κ2) is 14.6. The highest BCUT2D eigenvalue weighted by Gasteiger charge is 2.36. The Hall–Kier alpha value is -7.94. The lowest BCUT2D eigenvalue weighted by atomic mass is 9.80. The van der Waals surface area contributed by atoms with Crippen molar-refractivity contribution in [3.8, 4) is 33.4 Å². The zero-order valence-corrected chi connectivity index (χ0v) is 36.6. The highest BCUT2D eigenvalue weighted by Crippen LogP contribution is 2.53. The largest absolute Gasteiger partial charge is 0.310 e. The molecule has 0 radical (unpaired) electrons. The van der Waals surface area contributed by atoms with E-state index < -0.39 is 0 Å². The van der Waals surface area contributed by atoms with Crippen LogP contribution in [0.15, 0.2) is 211 Å². The molecule has 2 aliphatic carbocycles. The molecular weight excluding hydrogens is 785 g/mol. The zero-order valence-electron chi connectivity index (χ0n) is 36.6. The van der Waals surface area contributed by atoms with E-state index in [0.717, 1.165) is 35.6 Å². The van der Waals surface area contributed by atoms with Crippen molar-refractivity contribution in [2.24, 2.45) is 0 Å². The molecule has 2 aliphatic heterocycles. The van der Waals surface area contributed by atoms with Crippen molar-refractivity contribution in [2.45, 2.75) is 32.1 Å². The van der Waals surface area contributed by atoms with Crippen LogP contribution in [0.25, 0.3) is 73.2 Å². The quantitative estimate of drug-likeness (QED) is 0.163. The van der Waals surface area contributed by atoms with Crippen LogP contribution in [0.4, 0.5) is 28.4 Å². The number of hydrogen-bond donors (Lipinski definition) is 0. The summed E-state index contributed by atoms with van der Waals surface area (Å²) in [4.78, 5) is 4.96. The van der Waals surface area contributed by atoms with E-state index in [1.807, 2.05) is 0 Å². The second-order valence-corrected chi connectivity index (χ2v) is 18.4. The average molecular weight is 831 g/mol. The average Bonchev–Trinajstić information content (AvgIpc) is 3.47. The monoisotopic (exact) mass is 830 g/mol. The molecule has 0 N–H and O–H groups in total. The summed E-state index contributed by atoms with van der Waals surface area (Å²) in [5.41, 5.74) is 22.2. The van der Waals surface area contributed by atoms with E-state index in [4.69, 9.17) is 0 Å². The van der Waals surface area contributed by atoms with Crippen LogP contribution in [0, 0.1) is 0 Å². The summed E-state index contributed by atoms with van der Waals surface area (Å²) in [6, 6.07) is 68.1. The third kappa shape index (κ3) is 5.80. The van der Waals surface area contributed by atoms with Crippen LogP contribution in [0.2, 0.25) is 0 Å². The van der Waals surface area contributed by atoms with E-state index in [9.17, 15) is 0 Å². The minimum atomic E-state index is -0.132. The lowest BCUT2D eigenvalue weighted by molar-refractivity contribution is 0.660. The van der Waals surface area contributed by atoms with Gasteiger partial charge in [-0.15, -0.1) is 0 Å². The third-order valence-corrected chi connectivity index (χ3v) is 14.4. The van der Waals surface area contributed by atoms with Gasteiger partial charge in [-0.3, -0.25) is 0 Å². The van der Waals surface area contributed by atoms with E-state index in [0.29, 0.717) is 0 Å². The molecule has 9 aromatic rings. The molecule has 0 fully saturated rings. The fourth-order valence-electron chi connectivity index (χ4n) is 11.3. The molecule has 308 valence electrons. The van der Waals surface area contributed by atoms with Crippen molar-refractivity contribution in [1.29, 1.82) is 0 Å². The number of para-hydroxylation sites is 3. The van der Waals surface area contributed by atoms with Crippen molar-refractivity contribution in [3.05, 3.63) is 239 Å². The number of fused-ring (bicyclic) bond motifs is 8. The first kappa shape index (κ1) is 37.6. The summed E-state index contributed by atoms with van der Waals surface area (Å²) in [6.45, 7) is 4.77. The van der Waals surface area contributed by atoms with Crippen molar-refractivity contribution in [3.63, 3.8) is 0 Å². The van der Waals surface area contributed by atoms with Gasteiger partial charge in [0.1, 0.15) is 0 Å². The Morgan fingerprint density at radius 2 is 0.938 bits per heavy atom. The van der Waals surface area contributed by atoms with Crippen LogP contribution in [-0.2, 0) is 5.41 Å². The molecule has 0 atom stereocenters. The summed E-state index contributed by atoms with van der Waals surface area (Å²) in [5, 5.41) is 4.93. The van der Waals surface area contributed by atoms with Gasteiger partial charge in [0, 0.05) is 22.5 Å². The van der Waals surface area contributed by atoms with Gasteiger partial charge in [-0.1, -0.05) is 178 Å². The number of hydrogen-bond acceptors (Lipinski definition) is 2. The van der Waals surface area contributed by atoms with Crippen LogP contribution in [0.3, 0.4) is 0 Å². The first-order chi connectivity index (χ1) is 32.0. The van der Waals surface area contributed by atoms with Crippen molar-refractivity contribution < 1.29 is 0 Å². The SMILES string of the molecule is CC1(C)c2ccccc2-c2ccc(-c3c4ccc(N5C6=C(C=Cc7ccccc75)CCC=C6)cc4c(-c4ccccc4)c4cc(N5c6ccccc6C=Cc6ccccc65)ccc34)cc21. The van der Waals surface area contributed by atoms with E-state index in [1.54, 1.807) is 0 Å². The molecule has 0 saturated heterocycles. The Labute approximate surface area is 381 Å². The number of allylic oxidation sites excluding steroid dienone is 4. The minimum Gasteiger partial charge on any atom is -0.310 e. The van der Waals surface area contributed by atoms with Gasteiger partial charge in [-0.25, -0.2) is 0 Å². The number of anilines is 5. The fraction of sp³-hybridized carbons (Fsp3) is 0.0794. The molecule has 0 spiro atoms. The van der Waals surface area contributed by atoms with E-state index in [2.05, 4.69) is 242 Å². The molecule has 9 aromatic carbocycles. The Morgan fingerprint density at radius 1 is 0.400 bits per heavy atom.